The summed E-state index contributed by atoms with van der Waals surface area (Å²) in [4.78, 5) is 6.09. The number of ether oxygens (including phenoxy) is 2. The number of guanidine groups is 1. The summed E-state index contributed by atoms with van der Waals surface area (Å²) in [7, 11) is 4.90. The minimum atomic E-state index is -2.92. The molecule has 0 bridgehead atoms. The van der Waals surface area contributed by atoms with Crippen molar-refractivity contribution in [3.63, 3.8) is 0 Å². The minimum absolute atomic E-state index is 0. The van der Waals surface area contributed by atoms with Gasteiger partial charge in [-0.1, -0.05) is 18.2 Å². The summed E-state index contributed by atoms with van der Waals surface area (Å²) < 4.78 is 47.9. The summed E-state index contributed by atoms with van der Waals surface area (Å²) in [6, 6.07) is 11.3. The molecule has 0 aliphatic carbocycles. The number of benzene rings is 2. The first kappa shape index (κ1) is 24.9. The Morgan fingerprint density at radius 1 is 1.14 bits per heavy atom. The van der Waals surface area contributed by atoms with Crippen LogP contribution >= 0.6 is 24.0 Å². The topological polar surface area (TPSA) is 46.1 Å². The van der Waals surface area contributed by atoms with Crippen LogP contribution in [0.2, 0.25) is 0 Å². The van der Waals surface area contributed by atoms with E-state index in [9.17, 15) is 13.2 Å². The summed E-state index contributed by atoms with van der Waals surface area (Å²) in [6.45, 7) is -1.90. The van der Waals surface area contributed by atoms with Crippen molar-refractivity contribution < 1.29 is 22.6 Å². The van der Waals surface area contributed by atoms with Gasteiger partial charge in [-0.3, -0.25) is 4.99 Å². The number of alkyl halides is 2. The van der Waals surface area contributed by atoms with Crippen LogP contribution in [0.1, 0.15) is 11.1 Å². The number of hydrogen-bond acceptors (Lipinski definition) is 3. The standard InChI is InChI=1S/C20H24F3N3O2.HI/c1-24-20(26(2)13-15-5-4-6-16(21)11-15)25-10-9-14-7-8-17(27-3)18(12-14)28-19(22)23;/h4-8,11-12,19H,9-10,13H2,1-3H3,(H,24,25);1H. The lowest BCUT2D eigenvalue weighted by Gasteiger charge is -2.22. The number of rotatable bonds is 8. The third kappa shape index (κ3) is 8.00. The molecule has 0 radical (unpaired) electrons. The van der Waals surface area contributed by atoms with Gasteiger partial charge in [0.15, 0.2) is 17.5 Å². The summed E-state index contributed by atoms with van der Waals surface area (Å²) >= 11 is 0. The predicted octanol–water partition coefficient (Wildman–Crippen LogP) is 4.30. The van der Waals surface area contributed by atoms with Crippen LogP contribution in [0.3, 0.4) is 0 Å². The smallest absolute Gasteiger partial charge is 0.387 e. The second kappa shape index (κ2) is 12.4. The summed E-state index contributed by atoms with van der Waals surface area (Å²) in [5.41, 5.74) is 1.64. The molecule has 0 amide bonds. The van der Waals surface area contributed by atoms with E-state index in [0.29, 0.717) is 25.5 Å². The van der Waals surface area contributed by atoms with Crippen molar-refractivity contribution in [3.8, 4) is 11.5 Å². The van der Waals surface area contributed by atoms with Gasteiger partial charge in [0.1, 0.15) is 5.82 Å². The normalized spacial score (nSPS) is 11.1. The molecule has 0 unspecified atom stereocenters. The molecule has 0 aromatic heterocycles. The maximum atomic E-state index is 13.3. The maximum Gasteiger partial charge on any atom is 0.387 e. The monoisotopic (exact) mass is 523 g/mol. The van der Waals surface area contributed by atoms with Crippen molar-refractivity contribution >= 4 is 29.9 Å². The van der Waals surface area contributed by atoms with E-state index in [0.717, 1.165) is 11.1 Å². The first-order chi connectivity index (χ1) is 13.4. The molecule has 0 spiro atoms. The Kier molecular flexibility index (Phi) is 10.6. The van der Waals surface area contributed by atoms with E-state index in [1.165, 1.54) is 25.3 Å². The minimum Gasteiger partial charge on any atom is -0.493 e. The van der Waals surface area contributed by atoms with Crippen molar-refractivity contribution in [1.82, 2.24) is 10.2 Å². The average Bonchev–Trinajstić information content (AvgIpc) is 2.65. The third-order valence-corrected chi connectivity index (χ3v) is 4.02. The number of halogens is 4. The molecule has 29 heavy (non-hydrogen) atoms. The molecule has 0 saturated heterocycles. The maximum absolute atomic E-state index is 13.3. The molecule has 160 valence electrons. The van der Waals surface area contributed by atoms with Crippen molar-refractivity contribution in [3.05, 3.63) is 59.4 Å². The molecule has 2 rings (SSSR count). The lowest BCUT2D eigenvalue weighted by Crippen LogP contribution is -2.39. The van der Waals surface area contributed by atoms with E-state index < -0.39 is 6.61 Å². The zero-order chi connectivity index (χ0) is 20.5. The lowest BCUT2D eigenvalue weighted by molar-refractivity contribution is -0.0512. The fourth-order valence-electron chi connectivity index (χ4n) is 2.75. The van der Waals surface area contributed by atoms with Gasteiger partial charge in [0.25, 0.3) is 0 Å². The predicted molar refractivity (Wildman–Crippen MR) is 118 cm³/mol. The highest BCUT2D eigenvalue weighted by atomic mass is 127. The molecular formula is C20H25F3IN3O2. The first-order valence-corrected chi connectivity index (χ1v) is 8.71. The van der Waals surface area contributed by atoms with E-state index in [2.05, 4.69) is 15.0 Å². The zero-order valence-corrected chi connectivity index (χ0v) is 18.8. The van der Waals surface area contributed by atoms with Gasteiger partial charge in [0, 0.05) is 27.2 Å². The van der Waals surface area contributed by atoms with Crippen LogP contribution in [0.4, 0.5) is 13.2 Å². The average molecular weight is 523 g/mol. The number of methoxy groups -OCH3 is 1. The number of nitrogens with one attached hydrogen (secondary N) is 1. The van der Waals surface area contributed by atoms with Gasteiger partial charge in [-0.2, -0.15) is 8.78 Å². The molecular weight excluding hydrogens is 498 g/mol. The van der Waals surface area contributed by atoms with Crippen LogP contribution < -0.4 is 14.8 Å². The van der Waals surface area contributed by atoms with Crippen LogP contribution in [-0.2, 0) is 13.0 Å². The van der Waals surface area contributed by atoms with Gasteiger partial charge < -0.3 is 19.7 Å². The van der Waals surface area contributed by atoms with Gasteiger partial charge in [-0.15, -0.1) is 24.0 Å². The Balaban J connectivity index is 0.00000420. The van der Waals surface area contributed by atoms with Crippen LogP contribution in [0.5, 0.6) is 11.5 Å². The molecule has 0 heterocycles. The van der Waals surface area contributed by atoms with Crippen molar-refractivity contribution in [2.24, 2.45) is 4.99 Å². The Bertz CT molecular complexity index is 806. The summed E-state index contributed by atoms with van der Waals surface area (Å²) in [5, 5.41) is 3.20. The number of aliphatic imine (C=N–C) groups is 1. The van der Waals surface area contributed by atoms with E-state index >= 15 is 0 Å². The second-order valence-corrected chi connectivity index (χ2v) is 6.07. The molecule has 0 atom stereocenters. The highest BCUT2D eigenvalue weighted by molar-refractivity contribution is 14.0. The zero-order valence-electron chi connectivity index (χ0n) is 16.5. The molecule has 1 N–H and O–H groups in total. The molecule has 2 aromatic rings. The molecule has 0 aliphatic rings. The summed E-state index contributed by atoms with van der Waals surface area (Å²) in [6.07, 6.45) is 0.566. The van der Waals surface area contributed by atoms with Crippen LogP contribution in [-0.4, -0.2) is 45.2 Å². The molecule has 5 nitrogen and oxygen atoms in total. The molecule has 2 aromatic carbocycles. The molecule has 0 saturated carbocycles. The second-order valence-electron chi connectivity index (χ2n) is 6.07. The molecule has 0 aliphatic heterocycles. The SMILES string of the molecule is CN=C(NCCc1ccc(OC)c(OC(F)F)c1)N(C)Cc1cccc(F)c1.I. The molecule has 9 heteroatoms. The number of hydrogen-bond donors (Lipinski definition) is 1. The lowest BCUT2D eigenvalue weighted by atomic mass is 10.1. The van der Waals surface area contributed by atoms with E-state index in [-0.39, 0.29) is 41.3 Å². The fourth-order valence-corrected chi connectivity index (χ4v) is 2.75. The summed E-state index contributed by atoms with van der Waals surface area (Å²) in [5.74, 6) is 0.613. The third-order valence-electron chi connectivity index (χ3n) is 4.02. The van der Waals surface area contributed by atoms with Gasteiger partial charge >= 0.3 is 6.61 Å². The Hall–Kier alpha value is -2.17. The van der Waals surface area contributed by atoms with E-state index in [1.54, 1.807) is 25.2 Å². The highest BCUT2D eigenvalue weighted by Crippen LogP contribution is 2.29. The van der Waals surface area contributed by atoms with Gasteiger partial charge in [-0.25, -0.2) is 4.39 Å². The molecule has 0 fully saturated rings. The van der Waals surface area contributed by atoms with Crippen molar-refractivity contribution in [2.75, 3.05) is 27.7 Å². The highest BCUT2D eigenvalue weighted by Gasteiger charge is 2.12. The van der Waals surface area contributed by atoms with Crippen molar-refractivity contribution in [2.45, 2.75) is 19.6 Å². The first-order valence-electron chi connectivity index (χ1n) is 8.71. The number of nitrogens with zero attached hydrogens (tertiary/aromatic N) is 2. The van der Waals surface area contributed by atoms with Crippen LogP contribution in [0.15, 0.2) is 47.5 Å². The Labute approximate surface area is 185 Å². The Morgan fingerprint density at radius 3 is 2.52 bits per heavy atom. The fraction of sp³-hybridized carbons (Fsp3) is 0.350. The largest absolute Gasteiger partial charge is 0.493 e. The van der Waals surface area contributed by atoms with E-state index in [1.807, 2.05) is 18.0 Å². The quantitative estimate of drug-likeness (QED) is 0.319. The van der Waals surface area contributed by atoms with Gasteiger partial charge in [0.05, 0.1) is 7.11 Å². The Morgan fingerprint density at radius 2 is 1.90 bits per heavy atom. The van der Waals surface area contributed by atoms with Gasteiger partial charge in [-0.05, 0) is 41.8 Å². The van der Waals surface area contributed by atoms with Gasteiger partial charge in [0.2, 0.25) is 0 Å². The van der Waals surface area contributed by atoms with Crippen molar-refractivity contribution in [1.29, 1.82) is 0 Å². The van der Waals surface area contributed by atoms with Crippen LogP contribution in [0, 0.1) is 5.82 Å². The van der Waals surface area contributed by atoms with E-state index in [4.69, 9.17) is 4.74 Å². The van der Waals surface area contributed by atoms with Crippen LogP contribution in [0.25, 0.3) is 0 Å².